The molecule has 1 fully saturated rings. The molecule has 1 aliphatic carbocycles. The van der Waals surface area contributed by atoms with Gasteiger partial charge < -0.3 is 10.1 Å². The highest BCUT2D eigenvalue weighted by Gasteiger charge is 2.13. The molecular formula is C16H21FN2O. The highest BCUT2D eigenvalue weighted by atomic mass is 19.1. The summed E-state index contributed by atoms with van der Waals surface area (Å²) in [4.78, 5) is 0. The van der Waals surface area contributed by atoms with Crippen LogP contribution < -0.4 is 5.32 Å². The number of halogens is 1. The third-order valence-corrected chi connectivity index (χ3v) is 3.67. The first-order chi connectivity index (χ1) is 9.79. The minimum absolute atomic E-state index is 0.273. The molecule has 0 radical (unpaired) electrons. The molecule has 108 valence electrons. The van der Waals surface area contributed by atoms with Crippen LogP contribution in [0.15, 0.2) is 18.2 Å². The summed E-state index contributed by atoms with van der Waals surface area (Å²) in [5.41, 5.74) is 1.02. The van der Waals surface area contributed by atoms with E-state index in [1.807, 2.05) is 6.07 Å². The van der Waals surface area contributed by atoms with Crippen LogP contribution in [0.1, 0.15) is 43.2 Å². The van der Waals surface area contributed by atoms with Crippen molar-refractivity contribution in [1.29, 1.82) is 5.26 Å². The topological polar surface area (TPSA) is 45.0 Å². The number of ether oxygens (including phenoxy) is 1. The Morgan fingerprint density at radius 1 is 1.30 bits per heavy atom. The van der Waals surface area contributed by atoms with Crippen LogP contribution >= 0.6 is 0 Å². The van der Waals surface area contributed by atoms with Gasteiger partial charge in [0.2, 0.25) is 0 Å². The third kappa shape index (κ3) is 4.59. The molecule has 2 rings (SSSR count). The van der Waals surface area contributed by atoms with Crippen molar-refractivity contribution in [1.82, 2.24) is 5.32 Å². The number of hydrogen-bond donors (Lipinski definition) is 1. The lowest BCUT2D eigenvalue weighted by atomic mass is 9.98. The van der Waals surface area contributed by atoms with Crippen LogP contribution in [0.4, 0.5) is 4.39 Å². The van der Waals surface area contributed by atoms with Crippen LogP contribution in [0, 0.1) is 17.1 Å². The maximum absolute atomic E-state index is 13.5. The molecule has 0 amide bonds. The van der Waals surface area contributed by atoms with E-state index in [9.17, 15) is 4.39 Å². The molecule has 1 N–H and O–H groups in total. The molecule has 0 saturated heterocycles. The lowest BCUT2D eigenvalue weighted by molar-refractivity contribution is 0.0302. The van der Waals surface area contributed by atoms with E-state index < -0.39 is 0 Å². The molecule has 4 heteroatoms. The van der Waals surface area contributed by atoms with Crippen molar-refractivity contribution < 1.29 is 9.13 Å². The molecule has 0 heterocycles. The molecule has 0 unspecified atom stereocenters. The first-order valence-corrected chi connectivity index (χ1v) is 7.30. The summed E-state index contributed by atoms with van der Waals surface area (Å²) in [7, 11) is 0. The maximum atomic E-state index is 13.5. The molecule has 1 aromatic carbocycles. The van der Waals surface area contributed by atoms with Crippen LogP contribution in [0.3, 0.4) is 0 Å². The van der Waals surface area contributed by atoms with Gasteiger partial charge >= 0.3 is 0 Å². The quantitative estimate of drug-likeness (QED) is 0.812. The van der Waals surface area contributed by atoms with Crippen LogP contribution in [0.5, 0.6) is 0 Å². The van der Waals surface area contributed by atoms with E-state index in [2.05, 4.69) is 5.32 Å². The van der Waals surface area contributed by atoms with Gasteiger partial charge in [-0.1, -0.05) is 19.3 Å². The molecular weight excluding hydrogens is 255 g/mol. The zero-order chi connectivity index (χ0) is 14.2. The average molecular weight is 276 g/mol. The molecule has 3 nitrogen and oxygen atoms in total. The van der Waals surface area contributed by atoms with Gasteiger partial charge in [-0.15, -0.1) is 0 Å². The molecule has 1 aliphatic rings. The highest BCUT2D eigenvalue weighted by Crippen LogP contribution is 2.19. The molecule has 1 aromatic rings. The van der Waals surface area contributed by atoms with E-state index in [1.165, 1.54) is 44.2 Å². The second-order valence-corrected chi connectivity index (χ2v) is 5.23. The Kier molecular flexibility index (Phi) is 5.97. The van der Waals surface area contributed by atoms with Crippen LogP contribution in [-0.2, 0) is 11.3 Å². The lowest BCUT2D eigenvalue weighted by Gasteiger charge is -2.22. The van der Waals surface area contributed by atoms with E-state index in [1.54, 1.807) is 6.07 Å². The number of nitrogens with one attached hydrogen (secondary N) is 1. The van der Waals surface area contributed by atoms with Gasteiger partial charge in [-0.2, -0.15) is 5.26 Å². The van der Waals surface area contributed by atoms with Gasteiger partial charge in [0.25, 0.3) is 0 Å². The van der Waals surface area contributed by atoms with Crippen molar-refractivity contribution >= 4 is 0 Å². The number of nitriles is 1. The number of rotatable bonds is 6. The fourth-order valence-corrected chi connectivity index (χ4v) is 2.53. The highest BCUT2D eigenvalue weighted by molar-refractivity contribution is 5.33. The Hall–Kier alpha value is -1.44. The largest absolute Gasteiger partial charge is 0.377 e. The smallest absolute Gasteiger partial charge is 0.127 e. The van der Waals surface area contributed by atoms with E-state index in [4.69, 9.17) is 10.00 Å². The summed E-state index contributed by atoms with van der Waals surface area (Å²) in [6, 6.07) is 6.44. The summed E-state index contributed by atoms with van der Waals surface area (Å²) in [6.45, 7) is 1.78. The first-order valence-electron chi connectivity index (χ1n) is 7.30. The monoisotopic (exact) mass is 276 g/mol. The van der Waals surface area contributed by atoms with Crippen LogP contribution in [0.2, 0.25) is 0 Å². The van der Waals surface area contributed by atoms with E-state index in [0.717, 1.165) is 0 Å². The minimum Gasteiger partial charge on any atom is -0.377 e. The molecule has 20 heavy (non-hydrogen) atoms. The molecule has 0 atom stereocenters. The zero-order valence-electron chi connectivity index (χ0n) is 11.7. The van der Waals surface area contributed by atoms with Crippen molar-refractivity contribution in [3.05, 3.63) is 35.1 Å². The summed E-state index contributed by atoms with van der Waals surface area (Å²) in [6.07, 6.45) is 6.60. The van der Waals surface area contributed by atoms with Crippen LogP contribution in [-0.4, -0.2) is 19.3 Å². The second-order valence-electron chi connectivity index (χ2n) is 5.23. The molecule has 0 aliphatic heterocycles. The van der Waals surface area contributed by atoms with Gasteiger partial charge in [0, 0.05) is 18.7 Å². The predicted molar refractivity (Wildman–Crippen MR) is 75.6 cm³/mol. The summed E-state index contributed by atoms with van der Waals surface area (Å²) < 4.78 is 19.3. The van der Waals surface area contributed by atoms with Crippen molar-refractivity contribution in [3.8, 4) is 6.07 Å². The van der Waals surface area contributed by atoms with Gasteiger partial charge in [-0.3, -0.25) is 0 Å². The number of hydrogen-bond acceptors (Lipinski definition) is 3. The van der Waals surface area contributed by atoms with Gasteiger partial charge in [0.05, 0.1) is 24.3 Å². The Balaban J connectivity index is 1.66. The molecule has 0 aromatic heterocycles. The van der Waals surface area contributed by atoms with Crippen LogP contribution in [0.25, 0.3) is 0 Å². The van der Waals surface area contributed by atoms with Gasteiger partial charge in [-0.25, -0.2) is 4.39 Å². The molecule has 1 saturated carbocycles. The SMILES string of the molecule is N#Cc1ccc(F)c(CNCCOC2CCCCC2)c1. The Morgan fingerprint density at radius 2 is 2.10 bits per heavy atom. The van der Waals surface area contributed by atoms with Crippen molar-refractivity contribution in [3.63, 3.8) is 0 Å². The average Bonchev–Trinajstić information content (AvgIpc) is 2.50. The van der Waals surface area contributed by atoms with Crippen molar-refractivity contribution in [2.24, 2.45) is 0 Å². The van der Waals surface area contributed by atoms with Gasteiger partial charge in [0.15, 0.2) is 0 Å². The Labute approximate surface area is 119 Å². The third-order valence-electron chi connectivity index (χ3n) is 3.67. The van der Waals surface area contributed by atoms with E-state index in [-0.39, 0.29) is 5.82 Å². The Bertz CT molecular complexity index is 464. The van der Waals surface area contributed by atoms with Crippen molar-refractivity contribution in [2.45, 2.75) is 44.8 Å². The molecule has 0 bridgehead atoms. The van der Waals surface area contributed by atoms with Gasteiger partial charge in [-0.05, 0) is 31.0 Å². The molecule has 0 spiro atoms. The first kappa shape index (κ1) is 15.0. The fraction of sp³-hybridized carbons (Fsp3) is 0.562. The maximum Gasteiger partial charge on any atom is 0.127 e. The van der Waals surface area contributed by atoms with Crippen molar-refractivity contribution in [2.75, 3.05) is 13.2 Å². The summed E-state index contributed by atoms with van der Waals surface area (Å²) in [5, 5.41) is 12.0. The number of nitrogens with zero attached hydrogens (tertiary/aromatic N) is 1. The normalized spacial score (nSPS) is 16.0. The summed E-state index contributed by atoms with van der Waals surface area (Å²) in [5.74, 6) is -0.273. The second kappa shape index (κ2) is 7.98. The zero-order valence-corrected chi connectivity index (χ0v) is 11.7. The number of benzene rings is 1. The minimum atomic E-state index is -0.273. The lowest BCUT2D eigenvalue weighted by Crippen LogP contribution is -2.24. The Morgan fingerprint density at radius 3 is 2.85 bits per heavy atom. The predicted octanol–water partition coefficient (Wildman–Crippen LogP) is 3.14. The van der Waals surface area contributed by atoms with Gasteiger partial charge in [0.1, 0.15) is 5.82 Å². The summed E-state index contributed by atoms with van der Waals surface area (Å²) >= 11 is 0. The van der Waals surface area contributed by atoms with E-state index in [0.29, 0.717) is 36.9 Å². The fourth-order valence-electron chi connectivity index (χ4n) is 2.53. The van der Waals surface area contributed by atoms with E-state index >= 15 is 0 Å². The standard InChI is InChI=1S/C16H21FN2O/c17-16-7-6-13(11-18)10-14(16)12-19-8-9-20-15-4-2-1-3-5-15/h6-7,10,15,19H,1-5,8-9,12H2.